The van der Waals surface area contributed by atoms with Crippen LogP contribution in [0.25, 0.3) is 0 Å². The van der Waals surface area contributed by atoms with E-state index in [1.54, 1.807) is 6.07 Å². The molecule has 0 saturated carbocycles. The molecule has 0 radical (unpaired) electrons. The van der Waals surface area contributed by atoms with Gasteiger partial charge in [0, 0.05) is 24.7 Å². The maximum Gasteiger partial charge on any atom is 0.263 e. The van der Waals surface area contributed by atoms with Gasteiger partial charge >= 0.3 is 0 Å². The normalized spacial score (nSPS) is 16.5. The van der Waals surface area contributed by atoms with E-state index in [2.05, 4.69) is 24.5 Å². The third kappa shape index (κ3) is 5.76. The van der Waals surface area contributed by atoms with Crippen LogP contribution in [-0.2, 0) is 4.79 Å². The fourth-order valence-electron chi connectivity index (χ4n) is 3.92. The Kier molecular flexibility index (Phi) is 8.07. The highest BCUT2D eigenvalue weighted by atomic mass is 32.1. The number of carbonyl (C=O) groups excluding carboxylic acids is 3. The lowest BCUT2D eigenvalue weighted by Crippen LogP contribution is -2.55. The molecule has 0 spiro atoms. The van der Waals surface area contributed by atoms with Crippen LogP contribution in [0.2, 0.25) is 0 Å². The molecule has 7 heteroatoms. The molecule has 1 fully saturated rings. The molecule has 3 rings (SSSR count). The smallest absolute Gasteiger partial charge is 0.263 e. The van der Waals surface area contributed by atoms with Crippen molar-refractivity contribution in [2.75, 3.05) is 13.1 Å². The van der Waals surface area contributed by atoms with Crippen LogP contribution in [0.5, 0.6) is 0 Å². The second-order valence-corrected chi connectivity index (χ2v) is 9.86. The predicted molar refractivity (Wildman–Crippen MR) is 128 cm³/mol. The van der Waals surface area contributed by atoms with Crippen LogP contribution < -0.4 is 10.6 Å². The average Bonchev–Trinajstić information content (AvgIpc) is 3.32. The van der Waals surface area contributed by atoms with E-state index in [0.29, 0.717) is 31.5 Å². The maximum atomic E-state index is 13.2. The lowest BCUT2D eigenvalue weighted by Gasteiger charge is -2.36. The van der Waals surface area contributed by atoms with E-state index >= 15 is 0 Å². The lowest BCUT2D eigenvalue weighted by atomic mass is 9.88. The molecule has 0 aliphatic carbocycles. The molecule has 1 aromatic heterocycles. The number of likely N-dealkylation sites (tertiary alicyclic amines) is 1. The minimum atomic E-state index is -0.637. The highest BCUT2D eigenvalue weighted by Gasteiger charge is 2.35. The van der Waals surface area contributed by atoms with Gasteiger partial charge in [0.05, 0.1) is 4.88 Å². The largest absolute Gasteiger partial charge is 0.352 e. The number of rotatable bonds is 7. The minimum absolute atomic E-state index is 0.000795. The average molecular weight is 456 g/mol. The number of hydrogen-bond acceptors (Lipinski definition) is 4. The molecular weight excluding hydrogens is 422 g/mol. The molecule has 32 heavy (non-hydrogen) atoms. The summed E-state index contributed by atoms with van der Waals surface area (Å²) in [5, 5.41) is 7.98. The van der Waals surface area contributed by atoms with Crippen LogP contribution in [0.15, 0.2) is 41.8 Å². The topological polar surface area (TPSA) is 78.5 Å². The summed E-state index contributed by atoms with van der Waals surface area (Å²) in [5.74, 6) is -0.0998. The monoisotopic (exact) mass is 455 g/mol. The standard InChI is InChI=1S/C25H33N3O3S/c1-16(2)18(4)26-24(30)22(27-23(29)20-9-6-5-8-17(20)3)19-11-13-28(14-12-19)25(31)21-10-7-15-32-21/h5-10,15-16,18-19,22H,11-14H2,1-4H3,(H,26,30)(H,27,29)/t18-,22+/m1/s1. The third-order valence-electron chi connectivity index (χ3n) is 6.36. The van der Waals surface area contributed by atoms with E-state index < -0.39 is 6.04 Å². The van der Waals surface area contributed by atoms with Crippen LogP contribution in [0.4, 0.5) is 0 Å². The van der Waals surface area contributed by atoms with Crippen molar-refractivity contribution in [3.05, 3.63) is 57.8 Å². The highest BCUT2D eigenvalue weighted by molar-refractivity contribution is 7.12. The van der Waals surface area contributed by atoms with Crippen molar-refractivity contribution >= 4 is 29.1 Å². The summed E-state index contributed by atoms with van der Waals surface area (Å²) in [7, 11) is 0. The Bertz CT molecular complexity index is 934. The van der Waals surface area contributed by atoms with Gasteiger partial charge < -0.3 is 15.5 Å². The van der Waals surface area contributed by atoms with E-state index in [9.17, 15) is 14.4 Å². The van der Waals surface area contributed by atoms with Crippen molar-refractivity contribution in [2.45, 2.75) is 52.6 Å². The van der Waals surface area contributed by atoms with Crippen molar-refractivity contribution in [3.8, 4) is 0 Å². The Morgan fingerprint density at radius 1 is 1.00 bits per heavy atom. The summed E-state index contributed by atoms with van der Waals surface area (Å²) in [6, 6.07) is 10.5. The summed E-state index contributed by atoms with van der Waals surface area (Å²) in [5.41, 5.74) is 1.45. The summed E-state index contributed by atoms with van der Waals surface area (Å²) in [4.78, 5) is 41.5. The Balaban J connectivity index is 1.72. The highest BCUT2D eigenvalue weighted by Crippen LogP contribution is 2.24. The van der Waals surface area contributed by atoms with Gasteiger partial charge in [0.25, 0.3) is 11.8 Å². The van der Waals surface area contributed by atoms with Gasteiger partial charge in [0.15, 0.2) is 0 Å². The van der Waals surface area contributed by atoms with Gasteiger partial charge in [-0.2, -0.15) is 0 Å². The molecule has 1 saturated heterocycles. The summed E-state index contributed by atoms with van der Waals surface area (Å²) in [6.45, 7) is 9.13. The van der Waals surface area contributed by atoms with Gasteiger partial charge in [0.2, 0.25) is 5.91 Å². The second kappa shape index (κ2) is 10.8. The molecule has 1 aromatic carbocycles. The number of nitrogens with zero attached hydrogens (tertiary/aromatic N) is 1. The second-order valence-electron chi connectivity index (χ2n) is 8.91. The first-order valence-corrected chi connectivity index (χ1v) is 12.2. The molecule has 2 N–H and O–H groups in total. The van der Waals surface area contributed by atoms with E-state index in [1.165, 1.54) is 11.3 Å². The molecule has 0 bridgehead atoms. The minimum Gasteiger partial charge on any atom is -0.352 e. The Labute approximate surface area is 194 Å². The fraction of sp³-hybridized carbons (Fsp3) is 0.480. The quantitative estimate of drug-likeness (QED) is 0.665. The van der Waals surface area contributed by atoms with E-state index in [4.69, 9.17) is 0 Å². The van der Waals surface area contributed by atoms with Crippen molar-refractivity contribution in [3.63, 3.8) is 0 Å². The summed E-state index contributed by atoms with van der Waals surface area (Å²) in [6.07, 6.45) is 1.33. The number of hydrogen-bond donors (Lipinski definition) is 2. The number of nitrogens with one attached hydrogen (secondary N) is 2. The zero-order valence-electron chi connectivity index (χ0n) is 19.3. The number of aryl methyl sites for hydroxylation is 1. The van der Waals surface area contributed by atoms with Gasteiger partial charge in [-0.15, -0.1) is 11.3 Å². The number of amides is 3. The Morgan fingerprint density at radius 3 is 2.28 bits per heavy atom. The SMILES string of the molecule is Cc1ccccc1C(=O)N[C@H](C(=O)N[C@H](C)C(C)C)C1CCN(C(=O)c2cccs2)CC1. The molecule has 1 aliphatic rings. The van der Waals surface area contributed by atoms with Crippen LogP contribution in [0, 0.1) is 18.8 Å². The number of thiophene rings is 1. The zero-order chi connectivity index (χ0) is 23.3. The first-order valence-electron chi connectivity index (χ1n) is 11.3. The fourth-order valence-corrected chi connectivity index (χ4v) is 4.61. The molecule has 3 amide bonds. The van der Waals surface area contributed by atoms with E-state index in [-0.39, 0.29) is 35.6 Å². The molecule has 2 heterocycles. The number of carbonyl (C=O) groups is 3. The van der Waals surface area contributed by atoms with Crippen LogP contribution in [-0.4, -0.2) is 47.8 Å². The van der Waals surface area contributed by atoms with Crippen LogP contribution in [0.3, 0.4) is 0 Å². The summed E-state index contributed by atoms with van der Waals surface area (Å²) < 4.78 is 0. The van der Waals surface area contributed by atoms with Crippen molar-refractivity contribution in [2.24, 2.45) is 11.8 Å². The van der Waals surface area contributed by atoms with Crippen LogP contribution >= 0.6 is 11.3 Å². The molecule has 172 valence electrons. The molecule has 6 nitrogen and oxygen atoms in total. The third-order valence-corrected chi connectivity index (χ3v) is 7.22. The van der Waals surface area contributed by atoms with Crippen molar-refractivity contribution in [1.82, 2.24) is 15.5 Å². The Morgan fingerprint density at radius 2 is 1.69 bits per heavy atom. The molecule has 0 unspecified atom stereocenters. The molecule has 2 aromatic rings. The van der Waals surface area contributed by atoms with E-state index in [1.807, 2.05) is 54.5 Å². The maximum absolute atomic E-state index is 13.2. The van der Waals surface area contributed by atoms with E-state index in [0.717, 1.165) is 10.4 Å². The van der Waals surface area contributed by atoms with Crippen molar-refractivity contribution in [1.29, 1.82) is 0 Å². The van der Waals surface area contributed by atoms with Gasteiger partial charge in [-0.25, -0.2) is 0 Å². The van der Waals surface area contributed by atoms with Gasteiger partial charge in [0.1, 0.15) is 6.04 Å². The number of benzene rings is 1. The lowest BCUT2D eigenvalue weighted by molar-refractivity contribution is -0.125. The number of piperidine rings is 1. The molecule has 1 aliphatic heterocycles. The Hall–Kier alpha value is -2.67. The van der Waals surface area contributed by atoms with Crippen LogP contribution in [0.1, 0.15) is 59.2 Å². The first-order chi connectivity index (χ1) is 15.3. The predicted octanol–water partition coefficient (Wildman–Crippen LogP) is 3.87. The van der Waals surface area contributed by atoms with Gasteiger partial charge in [-0.1, -0.05) is 38.1 Å². The van der Waals surface area contributed by atoms with Gasteiger partial charge in [-0.05, 0) is 61.6 Å². The molecular formula is C25H33N3O3S. The van der Waals surface area contributed by atoms with Crippen molar-refractivity contribution < 1.29 is 14.4 Å². The first kappa shape index (κ1) is 24.0. The molecule has 2 atom stereocenters. The van der Waals surface area contributed by atoms with Gasteiger partial charge in [-0.3, -0.25) is 14.4 Å². The zero-order valence-corrected chi connectivity index (χ0v) is 20.1. The summed E-state index contributed by atoms with van der Waals surface area (Å²) >= 11 is 1.44.